The Hall–Kier alpha value is -1.36. The molecule has 0 fully saturated rings. The summed E-state index contributed by atoms with van der Waals surface area (Å²) in [6, 6.07) is 10.8. The molecule has 1 unspecified atom stereocenters. The van der Waals surface area contributed by atoms with Crippen LogP contribution in [-0.2, 0) is 6.42 Å². The summed E-state index contributed by atoms with van der Waals surface area (Å²) in [6.45, 7) is 0.658. The number of aliphatic hydroxyl groups is 1. The number of carbonyl (C=O) groups is 1. The second-order valence-corrected chi connectivity index (χ2v) is 6.31. The van der Waals surface area contributed by atoms with E-state index >= 15 is 0 Å². The van der Waals surface area contributed by atoms with Crippen LogP contribution in [0.15, 0.2) is 40.9 Å². The smallest absolute Gasteiger partial charge is 0.251 e. The van der Waals surface area contributed by atoms with E-state index in [0.717, 1.165) is 16.5 Å². The van der Waals surface area contributed by atoms with E-state index in [1.807, 2.05) is 18.2 Å². The van der Waals surface area contributed by atoms with Crippen molar-refractivity contribution in [1.82, 2.24) is 5.32 Å². The van der Waals surface area contributed by atoms with E-state index in [0.29, 0.717) is 28.3 Å². The number of hydrogen-bond donors (Lipinski definition) is 2. The summed E-state index contributed by atoms with van der Waals surface area (Å²) < 4.78 is 0.844. The zero-order valence-corrected chi connectivity index (χ0v) is 13.4. The highest BCUT2D eigenvalue weighted by molar-refractivity contribution is 9.10. The predicted molar refractivity (Wildman–Crippen MR) is 85.7 cm³/mol. The van der Waals surface area contributed by atoms with Crippen molar-refractivity contribution in [3.8, 4) is 0 Å². The summed E-state index contributed by atoms with van der Waals surface area (Å²) in [5.41, 5.74) is 2.91. The predicted octanol–water partition coefficient (Wildman–Crippen LogP) is 3.47. The van der Waals surface area contributed by atoms with Gasteiger partial charge in [-0.05, 0) is 41.8 Å². The number of halogens is 2. The molecule has 0 spiro atoms. The molecule has 1 aliphatic rings. The highest BCUT2D eigenvalue weighted by Gasteiger charge is 2.20. The van der Waals surface area contributed by atoms with Crippen LogP contribution in [0.2, 0.25) is 5.02 Å². The molecule has 3 nitrogen and oxygen atoms in total. The van der Waals surface area contributed by atoms with Crippen LogP contribution in [0.1, 0.15) is 33.2 Å². The minimum atomic E-state index is -0.866. The van der Waals surface area contributed by atoms with Crippen LogP contribution < -0.4 is 5.32 Å². The lowest BCUT2D eigenvalue weighted by Crippen LogP contribution is -2.31. The first kappa shape index (κ1) is 14.6. The first-order valence-corrected chi connectivity index (χ1v) is 7.77. The molecule has 0 aliphatic carbocycles. The van der Waals surface area contributed by atoms with Gasteiger partial charge in [-0.15, -0.1) is 0 Å². The summed E-state index contributed by atoms with van der Waals surface area (Å²) in [5, 5.41) is 13.9. The minimum Gasteiger partial charge on any atom is -0.384 e. The van der Waals surface area contributed by atoms with Crippen molar-refractivity contribution < 1.29 is 9.90 Å². The normalized spacial score (nSPS) is 15.3. The number of hydrogen-bond acceptors (Lipinski definition) is 2. The molecule has 2 N–H and O–H groups in total. The van der Waals surface area contributed by atoms with Gasteiger partial charge in [0.05, 0.1) is 0 Å². The molecule has 21 heavy (non-hydrogen) atoms. The van der Waals surface area contributed by atoms with Crippen LogP contribution in [0.5, 0.6) is 0 Å². The van der Waals surface area contributed by atoms with Crippen LogP contribution in [0.3, 0.4) is 0 Å². The van der Waals surface area contributed by atoms with Gasteiger partial charge in [0.15, 0.2) is 0 Å². The first-order chi connectivity index (χ1) is 10.1. The second kappa shape index (κ2) is 5.79. The number of aliphatic hydroxyl groups excluding tert-OH is 1. The van der Waals surface area contributed by atoms with Crippen LogP contribution in [0.4, 0.5) is 0 Å². The van der Waals surface area contributed by atoms with Crippen molar-refractivity contribution in [2.45, 2.75) is 12.5 Å². The standard InChI is InChI=1S/C16H13BrClNO2/c17-11-3-4-14(18)13(8-11)15(20)10-2-1-9-5-6-19-16(21)12(9)7-10/h1-4,7-8,15,20H,5-6H2,(H,19,21). The van der Waals surface area contributed by atoms with E-state index in [1.165, 1.54) is 0 Å². The molecule has 5 heteroatoms. The molecule has 108 valence electrons. The number of nitrogens with one attached hydrogen (secondary N) is 1. The van der Waals surface area contributed by atoms with Crippen molar-refractivity contribution >= 4 is 33.4 Å². The van der Waals surface area contributed by atoms with Crippen molar-refractivity contribution in [2.24, 2.45) is 0 Å². The van der Waals surface area contributed by atoms with Crippen LogP contribution in [-0.4, -0.2) is 17.6 Å². The second-order valence-electron chi connectivity index (χ2n) is 4.99. The van der Waals surface area contributed by atoms with Gasteiger partial charge in [0.2, 0.25) is 0 Å². The third-order valence-corrected chi connectivity index (χ3v) is 4.46. The Bertz CT molecular complexity index is 717. The van der Waals surface area contributed by atoms with Crippen molar-refractivity contribution in [3.63, 3.8) is 0 Å². The maximum atomic E-state index is 11.9. The van der Waals surface area contributed by atoms with Gasteiger partial charge in [-0.25, -0.2) is 0 Å². The molecule has 1 amide bonds. The third kappa shape index (κ3) is 2.84. The largest absolute Gasteiger partial charge is 0.384 e. The average molecular weight is 367 g/mol. The van der Waals surface area contributed by atoms with Gasteiger partial charge in [-0.1, -0.05) is 39.7 Å². The molecule has 2 aromatic rings. The molecule has 2 aromatic carbocycles. The summed E-state index contributed by atoms with van der Waals surface area (Å²) in [6.07, 6.45) is -0.0511. The number of carbonyl (C=O) groups excluding carboxylic acids is 1. The Morgan fingerprint density at radius 1 is 1.24 bits per heavy atom. The number of rotatable bonds is 2. The monoisotopic (exact) mass is 365 g/mol. The van der Waals surface area contributed by atoms with Crippen LogP contribution in [0, 0.1) is 0 Å². The van der Waals surface area contributed by atoms with Gasteiger partial charge in [-0.2, -0.15) is 0 Å². The fourth-order valence-corrected chi connectivity index (χ4v) is 3.10. The lowest BCUT2D eigenvalue weighted by atomic mass is 9.94. The summed E-state index contributed by atoms with van der Waals surface area (Å²) in [7, 11) is 0. The molecule has 0 aromatic heterocycles. The highest BCUT2D eigenvalue weighted by Crippen LogP contribution is 2.31. The van der Waals surface area contributed by atoms with Crippen LogP contribution in [0.25, 0.3) is 0 Å². The zero-order valence-electron chi connectivity index (χ0n) is 11.1. The van der Waals surface area contributed by atoms with Crippen molar-refractivity contribution in [1.29, 1.82) is 0 Å². The van der Waals surface area contributed by atoms with E-state index in [2.05, 4.69) is 21.2 Å². The van der Waals surface area contributed by atoms with E-state index in [-0.39, 0.29) is 5.91 Å². The zero-order chi connectivity index (χ0) is 15.0. The molecular formula is C16H13BrClNO2. The lowest BCUT2D eigenvalue weighted by molar-refractivity contribution is 0.0945. The van der Waals surface area contributed by atoms with Crippen LogP contribution >= 0.6 is 27.5 Å². The summed E-state index contributed by atoms with van der Waals surface area (Å²) in [4.78, 5) is 11.9. The van der Waals surface area contributed by atoms with Crippen molar-refractivity contribution in [2.75, 3.05) is 6.54 Å². The Kier molecular flexibility index (Phi) is 4.02. The first-order valence-electron chi connectivity index (χ1n) is 6.60. The van der Waals surface area contributed by atoms with Gasteiger partial charge >= 0.3 is 0 Å². The number of benzene rings is 2. The molecule has 3 rings (SSSR count). The van der Waals surface area contributed by atoms with Gasteiger partial charge in [0.1, 0.15) is 6.10 Å². The lowest BCUT2D eigenvalue weighted by Gasteiger charge is -2.19. The van der Waals surface area contributed by atoms with E-state index < -0.39 is 6.10 Å². The topological polar surface area (TPSA) is 49.3 Å². The summed E-state index contributed by atoms with van der Waals surface area (Å²) in [5.74, 6) is -0.0920. The minimum absolute atomic E-state index is 0.0920. The molecule has 1 aliphatic heterocycles. The number of amides is 1. The molecule has 0 saturated heterocycles. The quantitative estimate of drug-likeness (QED) is 0.855. The fourth-order valence-electron chi connectivity index (χ4n) is 2.50. The molecule has 1 atom stereocenters. The van der Waals surface area contributed by atoms with E-state index in [4.69, 9.17) is 11.6 Å². The maximum Gasteiger partial charge on any atom is 0.251 e. The molecule has 0 saturated carbocycles. The number of fused-ring (bicyclic) bond motifs is 1. The Balaban J connectivity index is 2.02. The molecular weight excluding hydrogens is 354 g/mol. The van der Waals surface area contributed by atoms with Gasteiger partial charge in [-0.3, -0.25) is 4.79 Å². The Morgan fingerprint density at radius 2 is 2.05 bits per heavy atom. The van der Waals surface area contributed by atoms with Crippen molar-refractivity contribution in [3.05, 3.63) is 68.1 Å². The average Bonchev–Trinajstić information content (AvgIpc) is 2.49. The van der Waals surface area contributed by atoms with Gasteiger partial charge in [0, 0.05) is 27.2 Å². The fraction of sp³-hybridized carbons (Fsp3) is 0.188. The Labute approximate surface area is 136 Å². The van der Waals surface area contributed by atoms with E-state index in [1.54, 1.807) is 18.2 Å². The highest BCUT2D eigenvalue weighted by atomic mass is 79.9. The SMILES string of the molecule is O=C1NCCc2ccc(C(O)c3cc(Br)ccc3Cl)cc21. The van der Waals surface area contributed by atoms with Gasteiger partial charge in [0.25, 0.3) is 5.91 Å². The van der Waals surface area contributed by atoms with E-state index in [9.17, 15) is 9.90 Å². The maximum absolute atomic E-state index is 11.9. The molecule has 1 heterocycles. The van der Waals surface area contributed by atoms with Gasteiger partial charge < -0.3 is 10.4 Å². The molecule has 0 radical (unpaired) electrons. The molecule has 0 bridgehead atoms. The Morgan fingerprint density at radius 3 is 2.86 bits per heavy atom. The third-order valence-electron chi connectivity index (χ3n) is 3.63. The summed E-state index contributed by atoms with van der Waals surface area (Å²) >= 11 is 9.53.